The minimum absolute atomic E-state index is 0.00277. The van der Waals surface area contributed by atoms with Crippen molar-refractivity contribution in [3.8, 4) is 0 Å². The first kappa shape index (κ1) is 19.8. The van der Waals surface area contributed by atoms with Crippen LogP contribution in [0.4, 0.5) is 0 Å². The summed E-state index contributed by atoms with van der Waals surface area (Å²) in [6.45, 7) is 9.41. The highest BCUT2D eigenvalue weighted by Crippen LogP contribution is 2.70. The molecule has 0 unspecified atom stereocenters. The summed E-state index contributed by atoms with van der Waals surface area (Å²) in [5.41, 5.74) is 0.110. The van der Waals surface area contributed by atoms with E-state index in [0.29, 0.717) is 12.5 Å². The smallest absolute Gasteiger partial charge is 0.311 e. The standard InChI is InChI=1S/C23H35NO5/c1-4-27-20(25)15-7-10-24(11-8-15)13-16-18-17(28-21(16)26)12-22(3)9-5-6-14(2)23(22)19(18)29-23/h14-19H,4-13H2,1-3H3/t14-,16-,17+,18+,19-,22+,23+/m0/s1. The molecule has 0 aromatic rings. The summed E-state index contributed by atoms with van der Waals surface area (Å²) in [5.74, 6) is 0.555. The lowest BCUT2D eigenvalue weighted by Crippen LogP contribution is -2.54. The number of fused-ring (bicyclic) bond motifs is 2. The molecule has 3 saturated heterocycles. The molecule has 1 spiro atoms. The molecule has 3 heterocycles. The van der Waals surface area contributed by atoms with Crippen LogP contribution in [-0.2, 0) is 23.8 Å². The number of epoxide rings is 1. The fourth-order valence-corrected chi connectivity index (χ4v) is 7.33. The Hall–Kier alpha value is -1.14. The van der Waals surface area contributed by atoms with Crippen molar-refractivity contribution in [2.75, 3.05) is 26.2 Å². The van der Waals surface area contributed by atoms with Gasteiger partial charge >= 0.3 is 11.9 Å². The first-order valence-corrected chi connectivity index (χ1v) is 11.7. The minimum atomic E-state index is -0.0952. The molecule has 6 nitrogen and oxygen atoms in total. The maximum absolute atomic E-state index is 12.8. The Morgan fingerprint density at radius 3 is 2.76 bits per heavy atom. The van der Waals surface area contributed by atoms with Gasteiger partial charge in [-0.15, -0.1) is 0 Å². The number of hydrogen-bond acceptors (Lipinski definition) is 6. The van der Waals surface area contributed by atoms with E-state index in [4.69, 9.17) is 14.2 Å². The van der Waals surface area contributed by atoms with Crippen molar-refractivity contribution < 1.29 is 23.8 Å². The van der Waals surface area contributed by atoms with E-state index in [2.05, 4.69) is 18.7 Å². The van der Waals surface area contributed by atoms with E-state index < -0.39 is 0 Å². The Bertz CT molecular complexity index is 689. The molecule has 2 saturated carbocycles. The van der Waals surface area contributed by atoms with Gasteiger partial charge in [0.1, 0.15) is 11.7 Å². The number of rotatable bonds is 4. The molecule has 0 bridgehead atoms. The van der Waals surface area contributed by atoms with Crippen molar-refractivity contribution in [1.29, 1.82) is 0 Å². The molecule has 5 rings (SSSR count). The number of ether oxygens (including phenoxy) is 3. The van der Waals surface area contributed by atoms with Crippen LogP contribution < -0.4 is 0 Å². The maximum atomic E-state index is 12.8. The third kappa shape index (κ3) is 2.88. The summed E-state index contributed by atoms with van der Waals surface area (Å²) in [6, 6.07) is 0. The van der Waals surface area contributed by atoms with Gasteiger partial charge in [-0.25, -0.2) is 0 Å². The van der Waals surface area contributed by atoms with Gasteiger partial charge in [0.05, 0.1) is 24.5 Å². The molecule has 162 valence electrons. The molecule has 0 aromatic carbocycles. The van der Waals surface area contributed by atoms with Crippen LogP contribution in [0.2, 0.25) is 0 Å². The van der Waals surface area contributed by atoms with Crippen LogP contribution in [0, 0.1) is 29.1 Å². The van der Waals surface area contributed by atoms with Gasteiger partial charge in [-0.1, -0.05) is 20.3 Å². The zero-order chi connectivity index (χ0) is 20.4. The van der Waals surface area contributed by atoms with Crippen molar-refractivity contribution in [2.24, 2.45) is 29.1 Å². The van der Waals surface area contributed by atoms with E-state index in [9.17, 15) is 9.59 Å². The van der Waals surface area contributed by atoms with Crippen molar-refractivity contribution >= 4 is 11.9 Å². The van der Waals surface area contributed by atoms with Crippen LogP contribution in [0.25, 0.3) is 0 Å². The molecule has 5 fully saturated rings. The lowest BCUT2D eigenvalue weighted by atomic mass is 9.53. The van der Waals surface area contributed by atoms with E-state index >= 15 is 0 Å². The van der Waals surface area contributed by atoms with Crippen LogP contribution in [0.5, 0.6) is 0 Å². The topological polar surface area (TPSA) is 68.4 Å². The van der Waals surface area contributed by atoms with Crippen molar-refractivity contribution in [1.82, 2.24) is 4.90 Å². The minimum Gasteiger partial charge on any atom is -0.466 e. The highest BCUT2D eigenvalue weighted by Gasteiger charge is 2.78. The number of piperidine rings is 1. The van der Waals surface area contributed by atoms with Crippen molar-refractivity contribution in [3.05, 3.63) is 0 Å². The van der Waals surface area contributed by atoms with Crippen LogP contribution in [0.1, 0.15) is 59.3 Å². The predicted molar refractivity (Wildman–Crippen MR) is 106 cm³/mol. The van der Waals surface area contributed by atoms with Crippen molar-refractivity contribution in [3.63, 3.8) is 0 Å². The highest BCUT2D eigenvalue weighted by molar-refractivity contribution is 5.76. The molecule has 0 aromatic heterocycles. The van der Waals surface area contributed by atoms with E-state index in [1.807, 2.05) is 6.92 Å². The largest absolute Gasteiger partial charge is 0.466 e. The van der Waals surface area contributed by atoms with Crippen LogP contribution >= 0.6 is 0 Å². The Kier molecular flexibility index (Phi) is 4.74. The summed E-state index contributed by atoms with van der Waals surface area (Å²) in [7, 11) is 0. The predicted octanol–water partition coefficient (Wildman–Crippen LogP) is 2.79. The Balaban J connectivity index is 1.26. The van der Waals surface area contributed by atoms with Gasteiger partial charge in [-0.05, 0) is 58.0 Å². The lowest BCUT2D eigenvalue weighted by Gasteiger charge is -2.49. The van der Waals surface area contributed by atoms with E-state index in [-0.39, 0.29) is 52.9 Å². The first-order valence-electron chi connectivity index (χ1n) is 11.7. The summed E-state index contributed by atoms with van der Waals surface area (Å²) in [6.07, 6.45) is 6.42. The normalized spacial score (nSPS) is 47.0. The van der Waals surface area contributed by atoms with Crippen molar-refractivity contribution in [2.45, 2.75) is 77.1 Å². The Morgan fingerprint density at radius 2 is 2.03 bits per heavy atom. The number of carbonyl (C=O) groups excluding carboxylic acids is 2. The van der Waals surface area contributed by atoms with Crippen LogP contribution in [0.3, 0.4) is 0 Å². The van der Waals surface area contributed by atoms with Crippen LogP contribution in [0.15, 0.2) is 0 Å². The third-order valence-electron chi connectivity index (χ3n) is 8.86. The molecular formula is C23H35NO5. The molecule has 7 atom stereocenters. The highest BCUT2D eigenvalue weighted by atomic mass is 16.6. The maximum Gasteiger partial charge on any atom is 0.311 e. The van der Waals surface area contributed by atoms with Crippen LogP contribution in [-0.4, -0.2) is 60.9 Å². The average Bonchev–Trinajstić information content (AvgIpc) is 3.37. The molecule has 3 aliphatic heterocycles. The van der Waals surface area contributed by atoms with Gasteiger partial charge in [-0.3, -0.25) is 9.59 Å². The van der Waals surface area contributed by atoms with Gasteiger partial charge in [-0.2, -0.15) is 0 Å². The Labute approximate surface area is 173 Å². The molecular weight excluding hydrogens is 370 g/mol. The number of hydrogen-bond donors (Lipinski definition) is 0. The molecule has 6 heteroatoms. The molecule has 0 radical (unpaired) electrons. The molecule has 0 amide bonds. The molecule has 2 aliphatic carbocycles. The second-order valence-electron chi connectivity index (χ2n) is 10.4. The third-order valence-corrected chi connectivity index (χ3v) is 8.86. The molecule has 29 heavy (non-hydrogen) atoms. The van der Waals surface area contributed by atoms with Gasteiger partial charge in [0.15, 0.2) is 0 Å². The quantitative estimate of drug-likeness (QED) is 0.529. The van der Waals surface area contributed by atoms with Gasteiger partial charge in [0.25, 0.3) is 0 Å². The summed E-state index contributed by atoms with van der Waals surface area (Å²) >= 11 is 0. The van der Waals surface area contributed by atoms with E-state index in [1.165, 1.54) is 19.3 Å². The van der Waals surface area contributed by atoms with E-state index in [1.54, 1.807) is 0 Å². The number of likely N-dealkylation sites (tertiary alicyclic amines) is 1. The summed E-state index contributed by atoms with van der Waals surface area (Å²) in [5, 5.41) is 0. The number of carbonyl (C=O) groups is 2. The number of esters is 2. The fraction of sp³-hybridized carbons (Fsp3) is 0.913. The summed E-state index contributed by atoms with van der Waals surface area (Å²) < 4.78 is 17.6. The zero-order valence-corrected chi connectivity index (χ0v) is 18.0. The monoisotopic (exact) mass is 405 g/mol. The lowest BCUT2D eigenvalue weighted by molar-refractivity contribution is -0.150. The second kappa shape index (κ2) is 6.94. The molecule has 5 aliphatic rings. The van der Waals surface area contributed by atoms with E-state index in [0.717, 1.165) is 38.9 Å². The number of nitrogens with zero attached hydrogens (tertiary/aromatic N) is 1. The van der Waals surface area contributed by atoms with Gasteiger partial charge < -0.3 is 19.1 Å². The zero-order valence-electron chi connectivity index (χ0n) is 18.0. The van der Waals surface area contributed by atoms with Gasteiger partial charge in [0.2, 0.25) is 0 Å². The SMILES string of the molecule is CCOC(=O)C1CCN(C[C@@H]2C(=O)O[C@@H]3C[C@@]4(C)CCC[C@H](C)[C@]45O[C@H]5[C@H]23)CC1. The summed E-state index contributed by atoms with van der Waals surface area (Å²) in [4.78, 5) is 27.2. The second-order valence-corrected chi connectivity index (χ2v) is 10.4. The van der Waals surface area contributed by atoms with Gasteiger partial charge in [0, 0.05) is 17.9 Å². The fourth-order valence-electron chi connectivity index (χ4n) is 7.33. The Morgan fingerprint density at radius 1 is 1.28 bits per heavy atom. The first-order chi connectivity index (χ1) is 13.9. The molecule has 0 N–H and O–H groups in total. The average molecular weight is 406 g/mol.